The standard InChI is InChI=1S/C73H42F6N4O12/c74-72(75,76)71(73(77,78)79,47-5-1-43-37-80(39-45(43)33-47)49-7-15-53(16-8-49)92-57-23-27-59(28-24-57)94-55-19-11-51(12-20-55)82-65(84)61-31-3-41(69(88)89)35-63(61)67(82)86)48-6-2-44-38-81(40-46(44)34-48)50-9-17-54(18-10-50)93-58-25-29-60(30-26-58)95-56-21-13-52(14-22-56)83-66(85)62-32-4-42(70(90)91)36-64(62)68(83)87/h1-40H,(H,88,89)(H,90,91). The highest BCUT2D eigenvalue weighted by molar-refractivity contribution is 6.35. The molecule has 16 nitrogen and oxygen atoms in total. The first kappa shape index (κ1) is 59.9. The summed E-state index contributed by atoms with van der Waals surface area (Å²) in [5, 5.41) is 19.7. The van der Waals surface area contributed by atoms with Crippen LogP contribution in [0.5, 0.6) is 46.0 Å². The van der Waals surface area contributed by atoms with Gasteiger partial charge in [-0.2, -0.15) is 26.3 Å². The number of anilines is 2. The molecule has 14 rings (SSSR count). The van der Waals surface area contributed by atoms with Crippen LogP contribution < -0.4 is 28.7 Å². The lowest BCUT2D eigenvalue weighted by molar-refractivity contribution is -0.288. The van der Waals surface area contributed by atoms with Crippen molar-refractivity contribution in [1.29, 1.82) is 0 Å². The molecule has 0 bridgehead atoms. The van der Waals surface area contributed by atoms with Gasteiger partial charge in [0.25, 0.3) is 23.6 Å². The van der Waals surface area contributed by atoms with Gasteiger partial charge in [0.1, 0.15) is 46.0 Å². The number of aromatic carboxylic acids is 2. The molecule has 12 aromatic rings. The summed E-state index contributed by atoms with van der Waals surface area (Å²) in [5.74, 6) is -1.65. The van der Waals surface area contributed by atoms with Gasteiger partial charge in [-0.25, -0.2) is 19.4 Å². The number of aromatic nitrogens is 2. The fraction of sp³-hybridized carbons (Fsp3) is 0.0411. The topological polar surface area (TPSA) is 196 Å². The Kier molecular flexibility index (Phi) is 14.4. The number of halogens is 6. The summed E-state index contributed by atoms with van der Waals surface area (Å²) in [7, 11) is 0. The molecule has 0 atom stereocenters. The Balaban J connectivity index is 0.617. The summed E-state index contributed by atoms with van der Waals surface area (Å²) >= 11 is 0. The van der Waals surface area contributed by atoms with Crippen molar-refractivity contribution < 1.29 is 84.3 Å². The summed E-state index contributed by atoms with van der Waals surface area (Å²) in [6.07, 6.45) is -5.62. The number of amides is 4. The van der Waals surface area contributed by atoms with Crippen LogP contribution in [-0.2, 0) is 5.41 Å². The van der Waals surface area contributed by atoms with Crippen LogP contribution in [-0.4, -0.2) is 67.3 Å². The molecular weight excluding hydrogens is 1240 g/mol. The lowest BCUT2D eigenvalue weighted by Crippen LogP contribution is -2.54. The molecule has 0 radical (unpaired) electrons. The van der Waals surface area contributed by atoms with E-state index in [1.165, 1.54) is 85.2 Å². The zero-order valence-corrected chi connectivity index (χ0v) is 48.6. The van der Waals surface area contributed by atoms with Gasteiger partial charge in [-0.15, -0.1) is 0 Å². The quantitative estimate of drug-likeness (QED) is 0.0687. The first-order valence-corrected chi connectivity index (χ1v) is 28.8. The number of nitrogens with zero attached hydrogens (tertiary/aromatic N) is 4. The van der Waals surface area contributed by atoms with Crippen molar-refractivity contribution in [2.75, 3.05) is 9.80 Å². The van der Waals surface area contributed by atoms with Crippen molar-refractivity contribution in [2.45, 2.75) is 17.8 Å². The minimum absolute atomic E-state index is 0.00930. The van der Waals surface area contributed by atoms with Gasteiger partial charge in [0.15, 0.2) is 0 Å². The molecule has 0 unspecified atom stereocenters. The maximum absolute atomic E-state index is 15.6. The monoisotopic (exact) mass is 1280 g/mol. The minimum atomic E-state index is -5.85. The van der Waals surface area contributed by atoms with Crippen molar-refractivity contribution in [3.63, 3.8) is 0 Å². The van der Waals surface area contributed by atoms with E-state index in [1.54, 1.807) is 143 Å². The third kappa shape index (κ3) is 10.8. The van der Waals surface area contributed by atoms with Gasteiger partial charge < -0.3 is 38.3 Å². The number of rotatable bonds is 16. The third-order valence-electron chi connectivity index (χ3n) is 16.3. The summed E-state index contributed by atoms with van der Waals surface area (Å²) in [6.45, 7) is 0. The number of hydrogen-bond acceptors (Lipinski definition) is 10. The summed E-state index contributed by atoms with van der Waals surface area (Å²) < 4.78 is 121. The number of benzene rings is 10. The predicted molar refractivity (Wildman–Crippen MR) is 335 cm³/mol. The molecule has 95 heavy (non-hydrogen) atoms. The maximum Gasteiger partial charge on any atom is 0.411 e. The SMILES string of the molecule is O=C(O)c1ccc2c(c1)C(=O)N(c1ccc(Oc3ccc(Oc4ccc(-n5cc6ccc(C(c7ccc8cn(-c9ccc(Oc%10ccc(Oc%11ccc(N%12C(=O)c%13ccc(C(=O)O)cc%13C%12=O)cc%11)cc%10)cc9)cc8c7)(C(F)(F)F)C(F)(F)F)cc6c5)cc4)cc3)cc1)C2=O. The van der Waals surface area contributed by atoms with E-state index in [0.717, 1.165) is 34.1 Å². The lowest BCUT2D eigenvalue weighted by atomic mass is 9.72. The van der Waals surface area contributed by atoms with E-state index < -0.39 is 64.5 Å². The number of carboxylic acids is 2. The molecular formula is C73H42F6N4O12. The number of ether oxygens (including phenoxy) is 4. The van der Waals surface area contributed by atoms with Gasteiger partial charge >= 0.3 is 24.3 Å². The molecule has 0 aliphatic carbocycles. The van der Waals surface area contributed by atoms with Gasteiger partial charge in [-0.3, -0.25) is 19.2 Å². The van der Waals surface area contributed by atoms with Crippen molar-refractivity contribution in [1.82, 2.24) is 9.13 Å². The number of carboxylic acid groups (broad SMARTS) is 2. The highest BCUT2D eigenvalue weighted by Crippen LogP contribution is 2.57. The molecule has 0 spiro atoms. The van der Waals surface area contributed by atoms with Gasteiger partial charge in [-0.1, -0.05) is 24.3 Å². The molecule has 2 aromatic heterocycles. The van der Waals surface area contributed by atoms with Crippen LogP contribution in [0.1, 0.15) is 73.3 Å². The Hall–Kier alpha value is -12.7. The van der Waals surface area contributed by atoms with E-state index in [-0.39, 0.29) is 55.5 Å². The van der Waals surface area contributed by atoms with Crippen molar-refractivity contribution in [3.05, 3.63) is 288 Å². The van der Waals surface area contributed by atoms with Gasteiger partial charge in [-0.05, 0) is 216 Å². The van der Waals surface area contributed by atoms with E-state index >= 15 is 26.3 Å². The third-order valence-corrected chi connectivity index (χ3v) is 16.3. The highest BCUT2D eigenvalue weighted by atomic mass is 19.4. The fourth-order valence-corrected chi connectivity index (χ4v) is 11.6. The average Bonchev–Trinajstić information content (AvgIpc) is 1.22. The molecule has 2 N–H and O–H groups in total. The van der Waals surface area contributed by atoms with E-state index in [0.29, 0.717) is 68.1 Å². The highest BCUT2D eigenvalue weighted by Gasteiger charge is 2.72. The fourth-order valence-electron chi connectivity index (χ4n) is 11.6. The number of imide groups is 2. The Morgan fingerprint density at radius 3 is 0.853 bits per heavy atom. The Bertz CT molecular complexity index is 4800. The van der Waals surface area contributed by atoms with Crippen molar-refractivity contribution in [3.8, 4) is 57.4 Å². The van der Waals surface area contributed by atoms with Crippen LogP contribution in [0.2, 0.25) is 0 Å². The molecule has 0 saturated heterocycles. The molecule has 0 fully saturated rings. The zero-order chi connectivity index (χ0) is 66.2. The molecule has 468 valence electrons. The van der Waals surface area contributed by atoms with Crippen LogP contribution in [0.3, 0.4) is 0 Å². The van der Waals surface area contributed by atoms with Gasteiger partial charge in [0.2, 0.25) is 5.41 Å². The Labute approximate surface area is 532 Å². The van der Waals surface area contributed by atoms with Gasteiger partial charge in [0.05, 0.1) is 44.8 Å². The number of carbonyl (C=O) groups excluding carboxylic acids is 4. The van der Waals surface area contributed by atoms with E-state index in [2.05, 4.69) is 0 Å². The Morgan fingerprint density at radius 1 is 0.305 bits per heavy atom. The van der Waals surface area contributed by atoms with Crippen LogP contribution in [0, 0.1) is 0 Å². The maximum atomic E-state index is 15.6. The van der Waals surface area contributed by atoms with Crippen LogP contribution >= 0.6 is 0 Å². The van der Waals surface area contributed by atoms with E-state index in [9.17, 15) is 39.0 Å². The van der Waals surface area contributed by atoms with E-state index in [4.69, 9.17) is 18.9 Å². The minimum Gasteiger partial charge on any atom is -0.478 e. The molecule has 10 aromatic carbocycles. The number of alkyl halides is 6. The first-order chi connectivity index (χ1) is 45.6. The summed E-state index contributed by atoms with van der Waals surface area (Å²) in [5.41, 5.74) is -4.97. The largest absolute Gasteiger partial charge is 0.478 e. The molecule has 4 amide bonds. The summed E-state index contributed by atoms with van der Waals surface area (Å²) in [4.78, 5) is 77.1. The number of fused-ring (bicyclic) bond motifs is 4. The molecule has 2 aliphatic rings. The second-order valence-electron chi connectivity index (χ2n) is 22.1. The molecule has 22 heteroatoms. The smallest absolute Gasteiger partial charge is 0.411 e. The summed E-state index contributed by atoms with van der Waals surface area (Å²) in [6, 6.07) is 52.3. The zero-order valence-electron chi connectivity index (χ0n) is 48.6. The van der Waals surface area contributed by atoms with Gasteiger partial charge in [0, 0.05) is 46.9 Å². The van der Waals surface area contributed by atoms with Crippen LogP contribution in [0.4, 0.5) is 37.7 Å². The van der Waals surface area contributed by atoms with Crippen molar-refractivity contribution in [2.24, 2.45) is 0 Å². The van der Waals surface area contributed by atoms with Crippen molar-refractivity contribution >= 4 is 68.5 Å². The van der Waals surface area contributed by atoms with Crippen LogP contribution in [0.25, 0.3) is 32.9 Å². The molecule has 4 heterocycles. The normalized spacial score (nSPS) is 13.2. The van der Waals surface area contributed by atoms with Crippen LogP contribution in [0.15, 0.2) is 243 Å². The average molecular weight is 1280 g/mol. The van der Waals surface area contributed by atoms with E-state index in [1.807, 2.05) is 0 Å². The second kappa shape index (κ2) is 22.9. The predicted octanol–water partition coefficient (Wildman–Crippen LogP) is 17.2. The first-order valence-electron chi connectivity index (χ1n) is 28.8. The lowest BCUT2D eigenvalue weighted by Gasteiger charge is -2.38. The Morgan fingerprint density at radius 2 is 0.568 bits per heavy atom. The molecule has 2 aliphatic heterocycles. The second-order valence-corrected chi connectivity index (χ2v) is 22.1. The number of hydrogen-bond donors (Lipinski definition) is 2. The number of carbonyl (C=O) groups is 6. The molecule has 0 saturated carbocycles.